The molecule has 1 N–H and O–H groups in total. The van der Waals surface area contributed by atoms with E-state index in [1.54, 1.807) is 11.8 Å². The summed E-state index contributed by atoms with van der Waals surface area (Å²) in [6.45, 7) is 2.46. The second kappa shape index (κ2) is 12.3. The van der Waals surface area contributed by atoms with E-state index in [0.717, 1.165) is 36.6 Å². The van der Waals surface area contributed by atoms with Crippen molar-refractivity contribution in [3.8, 4) is 5.75 Å². The van der Waals surface area contributed by atoms with Crippen molar-refractivity contribution >= 4 is 23.1 Å². The van der Waals surface area contributed by atoms with Gasteiger partial charge >= 0.3 is 6.18 Å². The molecule has 39 heavy (non-hydrogen) atoms. The van der Waals surface area contributed by atoms with Gasteiger partial charge in [0.05, 0.1) is 36.3 Å². The maximum absolute atomic E-state index is 14.4. The molecule has 7 nitrogen and oxygen atoms in total. The monoisotopic (exact) mass is 573 g/mol. The van der Waals surface area contributed by atoms with E-state index in [1.165, 1.54) is 12.1 Å². The van der Waals surface area contributed by atoms with Gasteiger partial charge in [0.2, 0.25) is 0 Å². The zero-order valence-corrected chi connectivity index (χ0v) is 21.6. The molecule has 2 aromatic heterocycles. The van der Waals surface area contributed by atoms with E-state index in [1.807, 2.05) is 0 Å². The number of piperidine rings is 1. The van der Waals surface area contributed by atoms with Crippen LogP contribution >= 0.6 is 11.5 Å². The molecule has 210 valence electrons. The van der Waals surface area contributed by atoms with E-state index >= 15 is 0 Å². The van der Waals surface area contributed by atoms with Crippen LogP contribution in [0.15, 0.2) is 30.6 Å². The minimum Gasteiger partial charge on any atom is -0.490 e. The normalized spacial score (nSPS) is 16.5. The molecule has 1 fully saturated rings. The minimum atomic E-state index is -4.61. The van der Waals surface area contributed by atoms with Crippen LogP contribution in [0.3, 0.4) is 0 Å². The Balaban J connectivity index is 1.41. The van der Waals surface area contributed by atoms with E-state index < -0.39 is 30.0 Å². The predicted molar refractivity (Wildman–Crippen MR) is 132 cm³/mol. The Labute approximate surface area is 224 Å². The summed E-state index contributed by atoms with van der Waals surface area (Å²) in [5.41, 5.74) is 0.0117. The summed E-state index contributed by atoms with van der Waals surface area (Å²) < 4.78 is 88.0. The molecule has 0 aliphatic carbocycles. The fourth-order valence-electron chi connectivity index (χ4n) is 4.33. The zero-order valence-electron chi connectivity index (χ0n) is 20.8. The number of hydrogen-bond acceptors (Lipinski definition) is 7. The first-order valence-corrected chi connectivity index (χ1v) is 12.8. The van der Waals surface area contributed by atoms with Gasteiger partial charge < -0.3 is 10.1 Å². The van der Waals surface area contributed by atoms with Crippen molar-refractivity contribution in [2.24, 2.45) is 5.92 Å². The highest BCUT2D eigenvalue weighted by molar-refractivity contribution is 7.06. The number of nitrogens with one attached hydrogen (secondary N) is 1. The van der Waals surface area contributed by atoms with Gasteiger partial charge in [0, 0.05) is 41.7 Å². The Morgan fingerprint density at radius 1 is 1.26 bits per heavy atom. The highest BCUT2D eigenvalue weighted by Crippen LogP contribution is 2.29. The molecule has 1 unspecified atom stereocenters. The first-order chi connectivity index (χ1) is 18.5. The number of anilines is 1. The summed E-state index contributed by atoms with van der Waals surface area (Å²) in [7, 11) is 0. The third-order valence-electron chi connectivity index (χ3n) is 6.16. The van der Waals surface area contributed by atoms with Gasteiger partial charge in [0.1, 0.15) is 0 Å². The number of carbonyl (C=O) groups is 1. The summed E-state index contributed by atoms with van der Waals surface area (Å²) >= 11 is 1.02. The average molecular weight is 574 g/mol. The third-order valence-corrected chi connectivity index (χ3v) is 7.09. The molecule has 0 saturated carbocycles. The Bertz CT molecular complexity index is 1280. The van der Waals surface area contributed by atoms with Crippen LogP contribution in [0, 0.1) is 18.7 Å². The predicted octanol–water partition coefficient (Wildman–Crippen LogP) is 5.60. The molecule has 3 heterocycles. The molecule has 4 rings (SSSR count). The van der Waals surface area contributed by atoms with Gasteiger partial charge in [-0.15, -0.1) is 0 Å². The molecule has 1 amide bonds. The van der Waals surface area contributed by atoms with Crippen LogP contribution < -0.4 is 10.1 Å². The second-order valence-electron chi connectivity index (χ2n) is 9.20. The minimum absolute atomic E-state index is 0.0365. The van der Waals surface area contributed by atoms with Crippen LogP contribution in [-0.2, 0) is 12.6 Å². The van der Waals surface area contributed by atoms with Gasteiger partial charge in [-0.2, -0.15) is 17.5 Å². The van der Waals surface area contributed by atoms with Crippen molar-refractivity contribution in [2.45, 2.75) is 38.8 Å². The number of aryl methyl sites for hydroxylation is 1. The van der Waals surface area contributed by atoms with Crippen molar-refractivity contribution in [3.63, 3.8) is 0 Å². The first-order valence-electron chi connectivity index (χ1n) is 12.1. The number of ether oxygens (including phenoxy) is 1. The van der Waals surface area contributed by atoms with E-state index in [-0.39, 0.29) is 48.2 Å². The van der Waals surface area contributed by atoms with Crippen LogP contribution in [-0.4, -0.2) is 57.8 Å². The van der Waals surface area contributed by atoms with E-state index in [9.17, 15) is 31.1 Å². The number of benzene rings is 1. The highest BCUT2D eigenvalue weighted by Gasteiger charge is 2.33. The number of nitrogens with zero attached hydrogens (tertiary/aromatic N) is 4. The molecule has 0 spiro atoms. The highest BCUT2D eigenvalue weighted by atomic mass is 32.1. The number of rotatable bonds is 9. The second-order valence-corrected chi connectivity index (χ2v) is 10.1. The molecule has 1 aromatic carbocycles. The number of halogens is 6. The van der Waals surface area contributed by atoms with E-state index in [4.69, 9.17) is 4.74 Å². The Kier molecular flexibility index (Phi) is 9.05. The van der Waals surface area contributed by atoms with Gasteiger partial charge in [0.15, 0.2) is 17.3 Å². The number of hydrogen-bond donors (Lipinski definition) is 1. The molecule has 1 aliphatic rings. The molecule has 3 aromatic rings. The smallest absolute Gasteiger partial charge is 0.434 e. The van der Waals surface area contributed by atoms with Gasteiger partial charge in [-0.05, 0) is 50.0 Å². The van der Waals surface area contributed by atoms with E-state index in [0.29, 0.717) is 29.9 Å². The summed E-state index contributed by atoms with van der Waals surface area (Å²) in [5, 5.41) is 2.68. The van der Waals surface area contributed by atoms with Crippen molar-refractivity contribution in [3.05, 3.63) is 63.9 Å². The lowest BCUT2D eigenvalue weighted by Gasteiger charge is -2.32. The lowest BCUT2D eigenvalue weighted by molar-refractivity contribution is -0.141. The maximum Gasteiger partial charge on any atom is 0.434 e. The molecule has 1 saturated heterocycles. The lowest BCUT2D eigenvalue weighted by Crippen LogP contribution is -2.40. The van der Waals surface area contributed by atoms with Gasteiger partial charge in [-0.25, -0.2) is 18.2 Å². The van der Waals surface area contributed by atoms with Crippen molar-refractivity contribution in [1.82, 2.24) is 19.2 Å². The van der Waals surface area contributed by atoms with Crippen LogP contribution in [0.25, 0.3) is 0 Å². The Hall–Kier alpha value is -3.26. The van der Waals surface area contributed by atoms with Crippen LogP contribution in [0.2, 0.25) is 0 Å². The standard InChI is InChI=1S/C25H25F6N5O2S/c1-14-23(20(39-35-14)8-17-9-33-21(10-32-17)25(29,30)31)24(37)34-16-4-5-18(26)19(7-16)38-13-15-3-2-6-36(11-15)12-22(27)28/h4-5,7,9-10,15,22H,2-3,6,8,11-13H2,1H3,(H,34,37). The molecule has 0 radical (unpaired) electrons. The topological polar surface area (TPSA) is 80.2 Å². The summed E-state index contributed by atoms with van der Waals surface area (Å²) in [4.78, 5) is 22.4. The zero-order chi connectivity index (χ0) is 28.2. The van der Waals surface area contributed by atoms with Gasteiger partial charge in [-0.1, -0.05) is 0 Å². The largest absolute Gasteiger partial charge is 0.490 e. The maximum atomic E-state index is 14.4. The number of alkyl halides is 5. The third kappa shape index (κ3) is 7.66. The number of carbonyl (C=O) groups excluding carboxylic acids is 1. The van der Waals surface area contributed by atoms with Gasteiger partial charge in [0.25, 0.3) is 12.3 Å². The van der Waals surface area contributed by atoms with Crippen molar-refractivity contribution < 1.29 is 35.9 Å². The average Bonchev–Trinajstić information content (AvgIpc) is 3.23. The Morgan fingerprint density at radius 3 is 2.74 bits per heavy atom. The van der Waals surface area contributed by atoms with E-state index in [2.05, 4.69) is 19.7 Å². The van der Waals surface area contributed by atoms with Crippen LogP contribution in [0.1, 0.15) is 45.2 Å². The van der Waals surface area contributed by atoms with Crippen LogP contribution in [0.5, 0.6) is 5.75 Å². The van der Waals surface area contributed by atoms with Crippen LogP contribution in [0.4, 0.5) is 32.0 Å². The van der Waals surface area contributed by atoms with Gasteiger partial charge in [-0.3, -0.25) is 14.7 Å². The molecule has 1 aliphatic heterocycles. The fourth-order valence-corrected chi connectivity index (χ4v) is 5.21. The first kappa shape index (κ1) is 28.7. The summed E-state index contributed by atoms with van der Waals surface area (Å²) in [5.74, 6) is -1.29. The molecule has 1 atom stereocenters. The summed E-state index contributed by atoms with van der Waals surface area (Å²) in [6, 6.07) is 3.84. The SMILES string of the molecule is Cc1nsc(Cc2cnc(C(F)(F)F)cn2)c1C(=O)Nc1ccc(F)c(OCC2CCCN(CC(F)F)C2)c1. The lowest BCUT2D eigenvalue weighted by atomic mass is 9.99. The number of aromatic nitrogens is 3. The molecule has 14 heteroatoms. The fraction of sp³-hybridized carbons (Fsp3) is 0.440. The summed E-state index contributed by atoms with van der Waals surface area (Å²) in [6.07, 6.45) is -3.84. The molecule has 0 bridgehead atoms. The van der Waals surface area contributed by atoms with Crippen molar-refractivity contribution in [2.75, 3.05) is 31.6 Å². The molecular formula is C25H25F6N5O2S. The number of amides is 1. The molecular weight excluding hydrogens is 548 g/mol. The van der Waals surface area contributed by atoms with Crippen molar-refractivity contribution in [1.29, 1.82) is 0 Å². The quantitative estimate of drug-likeness (QED) is 0.336. The Morgan fingerprint density at radius 2 is 2.05 bits per heavy atom. The number of likely N-dealkylation sites (tertiary alicyclic amines) is 1.